The second kappa shape index (κ2) is 10.4. The predicted octanol–water partition coefficient (Wildman–Crippen LogP) is 0.494. The van der Waals surface area contributed by atoms with E-state index in [-0.39, 0.29) is 11.9 Å². The standard InChI is InChI=1S/C18H30N4O4/c1-4-9-25-12-15(23)10-21-5-7-22(8-6-21)11-17-20-16(13-26-17)18(24)19-14(2)3/h4,13-15,23H,1,5-12H2,2-3H3,(H,19,24). The number of amides is 1. The Bertz CT molecular complexity index is 567. The summed E-state index contributed by atoms with van der Waals surface area (Å²) in [5.74, 6) is 0.331. The Hall–Kier alpha value is -1.74. The largest absolute Gasteiger partial charge is 0.447 e. The molecule has 0 saturated carbocycles. The van der Waals surface area contributed by atoms with Crippen LogP contribution in [0.15, 0.2) is 23.3 Å². The van der Waals surface area contributed by atoms with Crippen molar-refractivity contribution in [1.82, 2.24) is 20.1 Å². The summed E-state index contributed by atoms with van der Waals surface area (Å²) >= 11 is 0. The lowest BCUT2D eigenvalue weighted by Gasteiger charge is -2.34. The molecule has 1 atom stereocenters. The van der Waals surface area contributed by atoms with Crippen LogP contribution >= 0.6 is 0 Å². The van der Waals surface area contributed by atoms with Crippen molar-refractivity contribution in [3.63, 3.8) is 0 Å². The molecule has 1 aromatic heterocycles. The zero-order chi connectivity index (χ0) is 18.9. The SMILES string of the molecule is C=CCOCC(O)CN1CCN(Cc2nc(C(=O)NC(C)C)co2)CC1. The van der Waals surface area contributed by atoms with E-state index < -0.39 is 6.10 Å². The Labute approximate surface area is 154 Å². The summed E-state index contributed by atoms with van der Waals surface area (Å²) in [5, 5.41) is 12.8. The normalized spacial score (nSPS) is 17.4. The molecular formula is C18H30N4O4. The monoisotopic (exact) mass is 366 g/mol. The molecule has 2 N–H and O–H groups in total. The van der Waals surface area contributed by atoms with Crippen molar-refractivity contribution in [3.8, 4) is 0 Å². The van der Waals surface area contributed by atoms with Crippen LogP contribution in [-0.4, -0.2) is 83.9 Å². The molecule has 2 heterocycles. The van der Waals surface area contributed by atoms with E-state index in [0.29, 0.717) is 37.9 Å². The maximum Gasteiger partial charge on any atom is 0.273 e. The number of carbonyl (C=O) groups excluding carboxylic acids is 1. The van der Waals surface area contributed by atoms with E-state index in [4.69, 9.17) is 9.15 Å². The Kier molecular flexibility index (Phi) is 8.24. The minimum absolute atomic E-state index is 0.0632. The molecule has 0 bridgehead atoms. The minimum Gasteiger partial charge on any atom is -0.447 e. The number of hydrogen-bond acceptors (Lipinski definition) is 7. The van der Waals surface area contributed by atoms with Gasteiger partial charge in [0.25, 0.3) is 5.91 Å². The van der Waals surface area contributed by atoms with Gasteiger partial charge in [0.15, 0.2) is 5.69 Å². The van der Waals surface area contributed by atoms with Crippen molar-refractivity contribution in [2.45, 2.75) is 32.5 Å². The first kappa shape index (κ1) is 20.6. The third-order valence-electron chi connectivity index (χ3n) is 4.04. The van der Waals surface area contributed by atoms with Gasteiger partial charge in [-0.2, -0.15) is 0 Å². The third kappa shape index (κ3) is 6.87. The Morgan fingerprint density at radius 1 is 1.42 bits per heavy atom. The van der Waals surface area contributed by atoms with Gasteiger partial charge in [-0.05, 0) is 13.8 Å². The van der Waals surface area contributed by atoms with Crippen molar-refractivity contribution >= 4 is 5.91 Å². The summed E-state index contributed by atoms with van der Waals surface area (Å²) in [6, 6.07) is 0.0632. The highest BCUT2D eigenvalue weighted by Crippen LogP contribution is 2.10. The van der Waals surface area contributed by atoms with Crippen LogP contribution in [0.2, 0.25) is 0 Å². The van der Waals surface area contributed by atoms with E-state index >= 15 is 0 Å². The van der Waals surface area contributed by atoms with Gasteiger partial charge in [0.05, 0.1) is 25.9 Å². The molecule has 8 nitrogen and oxygen atoms in total. The molecule has 0 aromatic carbocycles. The van der Waals surface area contributed by atoms with Gasteiger partial charge in [0, 0.05) is 38.8 Å². The number of hydrogen-bond donors (Lipinski definition) is 2. The van der Waals surface area contributed by atoms with Crippen molar-refractivity contribution in [3.05, 3.63) is 30.5 Å². The number of β-amino-alcohol motifs (C(OH)–C–C–N with tert-alkyl or cyclic N) is 1. The lowest BCUT2D eigenvalue weighted by Crippen LogP contribution is -2.48. The molecule has 1 saturated heterocycles. The number of nitrogens with one attached hydrogen (secondary N) is 1. The highest BCUT2D eigenvalue weighted by Gasteiger charge is 2.21. The Morgan fingerprint density at radius 2 is 2.12 bits per heavy atom. The number of nitrogens with zero attached hydrogens (tertiary/aromatic N) is 3. The summed E-state index contributed by atoms with van der Waals surface area (Å²) in [6.07, 6.45) is 2.59. The summed E-state index contributed by atoms with van der Waals surface area (Å²) in [6.45, 7) is 12.8. The zero-order valence-corrected chi connectivity index (χ0v) is 15.7. The van der Waals surface area contributed by atoms with Crippen LogP contribution in [0.1, 0.15) is 30.2 Å². The van der Waals surface area contributed by atoms with Gasteiger partial charge >= 0.3 is 0 Å². The molecular weight excluding hydrogens is 336 g/mol. The number of rotatable bonds is 10. The molecule has 1 aromatic rings. The van der Waals surface area contributed by atoms with E-state index in [1.807, 2.05) is 13.8 Å². The fraction of sp³-hybridized carbons (Fsp3) is 0.667. The second-order valence-corrected chi connectivity index (χ2v) is 6.81. The van der Waals surface area contributed by atoms with Crippen LogP contribution in [-0.2, 0) is 11.3 Å². The van der Waals surface area contributed by atoms with Crippen LogP contribution in [0.3, 0.4) is 0 Å². The number of aliphatic hydroxyl groups excluding tert-OH is 1. The molecule has 1 aliphatic rings. The summed E-state index contributed by atoms with van der Waals surface area (Å²) in [5.41, 5.74) is 0.315. The van der Waals surface area contributed by atoms with Crippen molar-refractivity contribution < 1.29 is 19.1 Å². The molecule has 146 valence electrons. The van der Waals surface area contributed by atoms with Crippen LogP contribution in [0.5, 0.6) is 0 Å². The van der Waals surface area contributed by atoms with Gasteiger partial charge in [0.1, 0.15) is 6.26 Å². The highest BCUT2D eigenvalue weighted by molar-refractivity contribution is 5.92. The van der Waals surface area contributed by atoms with Crippen LogP contribution in [0, 0.1) is 0 Å². The lowest BCUT2D eigenvalue weighted by molar-refractivity contribution is 0.0135. The van der Waals surface area contributed by atoms with Gasteiger partial charge < -0.3 is 19.6 Å². The maximum atomic E-state index is 11.9. The van der Waals surface area contributed by atoms with Crippen molar-refractivity contribution in [2.24, 2.45) is 0 Å². The van der Waals surface area contributed by atoms with E-state index in [1.54, 1.807) is 6.08 Å². The van der Waals surface area contributed by atoms with E-state index in [9.17, 15) is 9.90 Å². The number of aliphatic hydroxyl groups is 1. The number of ether oxygens (including phenoxy) is 1. The molecule has 0 spiro atoms. The molecule has 1 unspecified atom stereocenters. The number of carbonyl (C=O) groups is 1. The fourth-order valence-electron chi connectivity index (χ4n) is 2.78. The van der Waals surface area contributed by atoms with Gasteiger partial charge in [-0.3, -0.25) is 14.6 Å². The summed E-state index contributed by atoms with van der Waals surface area (Å²) in [4.78, 5) is 20.6. The Balaban J connectivity index is 1.71. The highest BCUT2D eigenvalue weighted by atomic mass is 16.5. The van der Waals surface area contributed by atoms with E-state index in [1.165, 1.54) is 6.26 Å². The summed E-state index contributed by atoms with van der Waals surface area (Å²) in [7, 11) is 0. The molecule has 1 amide bonds. The predicted molar refractivity (Wildman–Crippen MR) is 97.8 cm³/mol. The van der Waals surface area contributed by atoms with Crippen LogP contribution in [0.25, 0.3) is 0 Å². The molecule has 26 heavy (non-hydrogen) atoms. The third-order valence-corrected chi connectivity index (χ3v) is 4.04. The van der Waals surface area contributed by atoms with Crippen molar-refractivity contribution in [2.75, 3.05) is 45.9 Å². The zero-order valence-electron chi connectivity index (χ0n) is 15.7. The van der Waals surface area contributed by atoms with Gasteiger partial charge in [-0.15, -0.1) is 6.58 Å². The van der Waals surface area contributed by atoms with Gasteiger partial charge in [-0.25, -0.2) is 4.98 Å². The number of aromatic nitrogens is 1. The van der Waals surface area contributed by atoms with Gasteiger partial charge in [-0.1, -0.05) is 6.08 Å². The Morgan fingerprint density at radius 3 is 2.77 bits per heavy atom. The van der Waals surface area contributed by atoms with Gasteiger partial charge in [0.2, 0.25) is 5.89 Å². The quantitative estimate of drug-likeness (QED) is 0.460. The average Bonchev–Trinajstić information content (AvgIpc) is 3.05. The topological polar surface area (TPSA) is 91.1 Å². The molecule has 2 rings (SSSR count). The second-order valence-electron chi connectivity index (χ2n) is 6.81. The molecule has 8 heteroatoms. The van der Waals surface area contributed by atoms with Crippen molar-refractivity contribution in [1.29, 1.82) is 0 Å². The van der Waals surface area contributed by atoms with Crippen LogP contribution in [0.4, 0.5) is 0 Å². The molecule has 0 radical (unpaired) electrons. The number of oxazole rings is 1. The van der Waals surface area contributed by atoms with E-state index in [0.717, 1.165) is 26.2 Å². The smallest absolute Gasteiger partial charge is 0.273 e. The molecule has 1 aliphatic heterocycles. The lowest BCUT2D eigenvalue weighted by atomic mass is 10.2. The molecule has 1 fully saturated rings. The minimum atomic E-state index is -0.490. The fourth-order valence-corrected chi connectivity index (χ4v) is 2.78. The van der Waals surface area contributed by atoms with Crippen LogP contribution < -0.4 is 5.32 Å². The first-order valence-corrected chi connectivity index (χ1v) is 9.04. The number of piperazine rings is 1. The maximum absolute atomic E-state index is 11.9. The first-order valence-electron chi connectivity index (χ1n) is 9.04. The average molecular weight is 366 g/mol. The molecule has 0 aliphatic carbocycles. The van der Waals surface area contributed by atoms with E-state index in [2.05, 4.69) is 26.7 Å². The summed E-state index contributed by atoms with van der Waals surface area (Å²) < 4.78 is 10.7. The first-order chi connectivity index (χ1) is 12.5.